The third kappa shape index (κ3) is 3.37. The highest BCUT2D eigenvalue weighted by Gasteiger charge is 2.18. The molecule has 1 aromatic rings. The lowest BCUT2D eigenvalue weighted by atomic mass is 9.96. The van der Waals surface area contributed by atoms with Crippen molar-refractivity contribution in [1.29, 1.82) is 0 Å². The van der Waals surface area contributed by atoms with E-state index < -0.39 is 0 Å². The molecule has 1 aliphatic carbocycles. The molecule has 4 nitrogen and oxygen atoms in total. The largest absolute Gasteiger partial charge is 0.312 e. The first-order chi connectivity index (χ1) is 9.31. The average Bonchev–Trinajstić information content (AvgIpc) is 2.88. The Morgan fingerprint density at radius 3 is 2.95 bits per heavy atom. The van der Waals surface area contributed by atoms with Crippen molar-refractivity contribution >= 4 is 0 Å². The lowest BCUT2D eigenvalue weighted by Gasteiger charge is -2.31. The van der Waals surface area contributed by atoms with Crippen molar-refractivity contribution in [3.63, 3.8) is 0 Å². The molecule has 0 bridgehead atoms. The predicted octanol–water partition coefficient (Wildman–Crippen LogP) is 2.18. The van der Waals surface area contributed by atoms with E-state index in [1.54, 1.807) is 0 Å². The number of nitrogens with one attached hydrogen (secondary N) is 1. The van der Waals surface area contributed by atoms with Crippen molar-refractivity contribution < 1.29 is 0 Å². The van der Waals surface area contributed by atoms with Gasteiger partial charge in [0.25, 0.3) is 0 Å². The Balaban J connectivity index is 1.58. The number of aromatic nitrogens is 2. The van der Waals surface area contributed by atoms with Gasteiger partial charge in [-0.25, -0.2) is 0 Å². The molecule has 0 unspecified atom stereocenters. The van der Waals surface area contributed by atoms with Gasteiger partial charge in [0.15, 0.2) is 0 Å². The zero-order chi connectivity index (χ0) is 13.1. The molecule has 2 heterocycles. The van der Waals surface area contributed by atoms with Gasteiger partial charge in [0, 0.05) is 38.4 Å². The summed E-state index contributed by atoms with van der Waals surface area (Å²) in [6.45, 7) is 6.64. The molecule has 0 amide bonds. The van der Waals surface area contributed by atoms with E-state index in [1.165, 1.54) is 37.8 Å². The highest BCUT2D eigenvalue weighted by atomic mass is 15.3. The highest BCUT2D eigenvalue weighted by molar-refractivity contribution is 5.00. The van der Waals surface area contributed by atoms with Crippen LogP contribution in [0, 0.1) is 0 Å². The minimum Gasteiger partial charge on any atom is -0.312 e. The van der Waals surface area contributed by atoms with Gasteiger partial charge in [-0.2, -0.15) is 5.10 Å². The van der Waals surface area contributed by atoms with Crippen molar-refractivity contribution in [2.24, 2.45) is 0 Å². The van der Waals surface area contributed by atoms with Crippen LogP contribution in [0.5, 0.6) is 0 Å². The third-order valence-electron chi connectivity index (χ3n) is 4.45. The zero-order valence-electron chi connectivity index (χ0n) is 12.0. The quantitative estimate of drug-likeness (QED) is 0.906. The molecule has 19 heavy (non-hydrogen) atoms. The number of piperazine rings is 1. The second kappa shape index (κ2) is 6.06. The van der Waals surface area contributed by atoms with E-state index in [9.17, 15) is 0 Å². The maximum absolute atomic E-state index is 4.81. The molecule has 1 saturated heterocycles. The van der Waals surface area contributed by atoms with Crippen LogP contribution in [0.2, 0.25) is 0 Å². The molecule has 0 spiro atoms. The van der Waals surface area contributed by atoms with E-state index in [0.717, 1.165) is 26.2 Å². The standard InChI is InChI=1S/C15H26N4/c1-13-11-18(10-8-16-13)12-14-7-9-19(17-14)15-5-3-2-4-6-15/h7,9,13,15-16H,2-6,8,10-12H2,1H3/t13-/m0/s1. The number of hydrogen-bond acceptors (Lipinski definition) is 3. The van der Waals surface area contributed by atoms with E-state index in [1.807, 2.05) is 0 Å². The van der Waals surface area contributed by atoms with E-state index in [4.69, 9.17) is 5.10 Å². The van der Waals surface area contributed by atoms with E-state index in [-0.39, 0.29) is 0 Å². The lowest BCUT2D eigenvalue weighted by molar-refractivity contribution is 0.196. The third-order valence-corrected chi connectivity index (χ3v) is 4.45. The highest BCUT2D eigenvalue weighted by Crippen LogP contribution is 2.27. The van der Waals surface area contributed by atoms with Gasteiger partial charge in [0.1, 0.15) is 0 Å². The van der Waals surface area contributed by atoms with Crippen LogP contribution in [0.25, 0.3) is 0 Å². The summed E-state index contributed by atoms with van der Waals surface area (Å²) in [6, 6.07) is 3.47. The van der Waals surface area contributed by atoms with Gasteiger partial charge in [0.2, 0.25) is 0 Å². The van der Waals surface area contributed by atoms with E-state index in [0.29, 0.717) is 12.1 Å². The normalized spacial score (nSPS) is 26.7. The Morgan fingerprint density at radius 2 is 2.16 bits per heavy atom. The van der Waals surface area contributed by atoms with Gasteiger partial charge in [-0.3, -0.25) is 9.58 Å². The summed E-state index contributed by atoms with van der Waals surface area (Å²) in [6.07, 6.45) is 8.96. The molecular weight excluding hydrogens is 236 g/mol. The van der Waals surface area contributed by atoms with E-state index >= 15 is 0 Å². The minimum atomic E-state index is 0.606. The summed E-state index contributed by atoms with van der Waals surface area (Å²) >= 11 is 0. The summed E-state index contributed by atoms with van der Waals surface area (Å²) in [5, 5.41) is 8.29. The monoisotopic (exact) mass is 262 g/mol. The van der Waals surface area contributed by atoms with Gasteiger partial charge in [-0.15, -0.1) is 0 Å². The van der Waals surface area contributed by atoms with Crippen LogP contribution >= 0.6 is 0 Å². The molecule has 1 atom stereocenters. The van der Waals surface area contributed by atoms with Crippen LogP contribution in [0.15, 0.2) is 12.3 Å². The Labute approximate surface area is 116 Å². The fourth-order valence-corrected chi connectivity index (χ4v) is 3.40. The predicted molar refractivity (Wildman–Crippen MR) is 77.1 cm³/mol. The molecule has 2 aliphatic rings. The molecule has 3 rings (SSSR count). The molecule has 106 valence electrons. The number of rotatable bonds is 3. The molecule has 1 saturated carbocycles. The average molecular weight is 262 g/mol. The molecule has 1 aliphatic heterocycles. The zero-order valence-corrected chi connectivity index (χ0v) is 12.0. The Bertz CT molecular complexity index is 395. The van der Waals surface area contributed by atoms with Crippen LogP contribution in [0.4, 0.5) is 0 Å². The summed E-state index contributed by atoms with van der Waals surface area (Å²) in [4.78, 5) is 2.51. The van der Waals surface area contributed by atoms with Crippen LogP contribution in [0.3, 0.4) is 0 Å². The maximum Gasteiger partial charge on any atom is 0.0764 e. The van der Waals surface area contributed by atoms with Gasteiger partial charge in [0.05, 0.1) is 11.7 Å². The van der Waals surface area contributed by atoms with Crippen LogP contribution in [-0.2, 0) is 6.54 Å². The van der Waals surface area contributed by atoms with Gasteiger partial charge in [-0.1, -0.05) is 19.3 Å². The SMILES string of the molecule is C[C@H]1CN(Cc2ccn(C3CCCCC3)n2)CCN1. The van der Waals surface area contributed by atoms with Gasteiger partial charge in [-0.05, 0) is 25.8 Å². The molecule has 2 fully saturated rings. The summed E-state index contributed by atoms with van der Waals surface area (Å²) in [5.74, 6) is 0. The topological polar surface area (TPSA) is 33.1 Å². The van der Waals surface area contributed by atoms with Crippen molar-refractivity contribution in [2.45, 2.75) is 57.7 Å². The van der Waals surface area contributed by atoms with Crippen LogP contribution in [-0.4, -0.2) is 40.4 Å². The van der Waals surface area contributed by atoms with Crippen molar-refractivity contribution in [3.05, 3.63) is 18.0 Å². The Hall–Kier alpha value is -0.870. The molecule has 0 radical (unpaired) electrons. The number of hydrogen-bond donors (Lipinski definition) is 1. The molecule has 0 aromatic carbocycles. The molecular formula is C15H26N4. The van der Waals surface area contributed by atoms with Crippen LogP contribution in [0.1, 0.15) is 50.8 Å². The first-order valence-electron chi connectivity index (χ1n) is 7.81. The smallest absolute Gasteiger partial charge is 0.0764 e. The molecule has 1 aromatic heterocycles. The van der Waals surface area contributed by atoms with Crippen molar-refractivity contribution in [3.8, 4) is 0 Å². The first kappa shape index (κ1) is 13.1. The number of nitrogens with zero attached hydrogens (tertiary/aromatic N) is 3. The minimum absolute atomic E-state index is 0.606. The molecule has 1 N–H and O–H groups in total. The summed E-state index contributed by atoms with van der Waals surface area (Å²) in [5.41, 5.74) is 1.24. The lowest BCUT2D eigenvalue weighted by Crippen LogP contribution is -2.48. The second-order valence-corrected chi connectivity index (χ2v) is 6.17. The Kier molecular flexibility index (Phi) is 4.18. The fourth-order valence-electron chi connectivity index (χ4n) is 3.40. The van der Waals surface area contributed by atoms with E-state index in [2.05, 4.69) is 34.1 Å². The van der Waals surface area contributed by atoms with Crippen LogP contribution < -0.4 is 5.32 Å². The van der Waals surface area contributed by atoms with Crippen molar-refractivity contribution in [2.75, 3.05) is 19.6 Å². The van der Waals surface area contributed by atoms with Gasteiger partial charge >= 0.3 is 0 Å². The fraction of sp³-hybridized carbons (Fsp3) is 0.800. The van der Waals surface area contributed by atoms with Gasteiger partial charge < -0.3 is 5.32 Å². The summed E-state index contributed by atoms with van der Waals surface area (Å²) in [7, 11) is 0. The Morgan fingerprint density at radius 1 is 1.32 bits per heavy atom. The first-order valence-corrected chi connectivity index (χ1v) is 7.81. The maximum atomic E-state index is 4.81. The van der Waals surface area contributed by atoms with Crippen molar-refractivity contribution in [1.82, 2.24) is 20.0 Å². The summed E-state index contributed by atoms with van der Waals surface area (Å²) < 4.78 is 2.22. The second-order valence-electron chi connectivity index (χ2n) is 6.17. The molecule has 4 heteroatoms.